The maximum absolute atomic E-state index is 12.5. The monoisotopic (exact) mass is 467 g/mol. The number of aryl methyl sites for hydroxylation is 2. The van der Waals surface area contributed by atoms with Crippen molar-refractivity contribution in [2.45, 2.75) is 38.4 Å². The Balaban J connectivity index is 1.54. The van der Waals surface area contributed by atoms with Gasteiger partial charge in [-0.05, 0) is 49.6 Å². The Morgan fingerprint density at radius 1 is 1.06 bits per heavy atom. The molecule has 0 fully saturated rings. The molecule has 1 atom stereocenters. The number of rotatable bonds is 9. The number of nitrogens with one attached hydrogen (secondary N) is 2. The number of ether oxygens (including phenoxy) is 1. The van der Waals surface area contributed by atoms with Crippen LogP contribution in [0, 0.1) is 13.8 Å². The second-order valence-corrected chi connectivity index (χ2v) is 8.76. The molecule has 3 rings (SSSR count). The molecule has 3 aromatic rings. The lowest BCUT2D eigenvalue weighted by Gasteiger charge is -2.14. The third-order valence-electron chi connectivity index (χ3n) is 5.24. The van der Waals surface area contributed by atoms with E-state index >= 15 is 0 Å². The average molecular weight is 468 g/mol. The van der Waals surface area contributed by atoms with E-state index in [9.17, 15) is 9.59 Å². The summed E-state index contributed by atoms with van der Waals surface area (Å²) in [6.45, 7) is 5.79. The van der Waals surface area contributed by atoms with Crippen molar-refractivity contribution in [1.82, 2.24) is 20.1 Å². The molecule has 1 heterocycles. The molecule has 2 amide bonds. The topological polar surface area (TPSA) is 98.1 Å². The van der Waals surface area contributed by atoms with Crippen LogP contribution in [0.4, 0.5) is 5.69 Å². The van der Waals surface area contributed by atoms with E-state index in [4.69, 9.17) is 4.74 Å². The fourth-order valence-corrected chi connectivity index (χ4v) is 4.15. The van der Waals surface area contributed by atoms with Crippen LogP contribution in [0.2, 0.25) is 0 Å². The first kappa shape index (κ1) is 24.3. The van der Waals surface area contributed by atoms with Crippen LogP contribution in [0.5, 0.6) is 5.75 Å². The van der Waals surface area contributed by atoms with E-state index in [1.807, 2.05) is 70.3 Å². The van der Waals surface area contributed by atoms with Crippen LogP contribution in [0.1, 0.15) is 35.5 Å². The third-order valence-corrected chi connectivity index (χ3v) is 6.26. The standard InChI is InChI=1S/C24H29N5O3S/c1-15-7-6-8-16(2)22(15)26-21(31)14-33-24-28-27-23(29(24)4)17(3)25-20(30)13-18-9-11-19(32-5)12-10-18/h6-12,17H,13-14H2,1-5H3,(H,25,30)(H,26,31). The van der Waals surface area contributed by atoms with Gasteiger partial charge in [-0.25, -0.2) is 0 Å². The van der Waals surface area contributed by atoms with E-state index in [0.717, 1.165) is 28.1 Å². The number of carbonyl (C=O) groups is 2. The summed E-state index contributed by atoms with van der Waals surface area (Å²) >= 11 is 1.30. The van der Waals surface area contributed by atoms with Crippen molar-refractivity contribution >= 4 is 29.3 Å². The van der Waals surface area contributed by atoms with Gasteiger partial charge in [-0.15, -0.1) is 10.2 Å². The number of hydrogen-bond donors (Lipinski definition) is 2. The van der Waals surface area contributed by atoms with Gasteiger partial charge in [-0.2, -0.15) is 0 Å². The first-order valence-corrected chi connectivity index (χ1v) is 11.6. The molecule has 0 aliphatic rings. The summed E-state index contributed by atoms with van der Waals surface area (Å²) < 4.78 is 6.94. The maximum Gasteiger partial charge on any atom is 0.234 e. The number of methoxy groups -OCH3 is 1. The van der Waals surface area contributed by atoms with Gasteiger partial charge in [0.15, 0.2) is 11.0 Å². The van der Waals surface area contributed by atoms with Crippen LogP contribution in [-0.4, -0.2) is 39.4 Å². The largest absolute Gasteiger partial charge is 0.497 e. The van der Waals surface area contributed by atoms with Crippen molar-refractivity contribution in [2.24, 2.45) is 7.05 Å². The predicted molar refractivity (Wildman–Crippen MR) is 130 cm³/mol. The van der Waals surface area contributed by atoms with Crippen molar-refractivity contribution in [1.29, 1.82) is 0 Å². The smallest absolute Gasteiger partial charge is 0.234 e. The van der Waals surface area contributed by atoms with Crippen molar-refractivity contribution in [2.75, 3.05) is 18.2 Å². The molecular formula is C24H29N5O3S. The van der Waals surface area contributed by atoms with Gasteiger partial charge in [0, 0.05) is 12.7 Å². The first-order chi connectivity index (χ1) is 15.8. The normalized spacial score (nSPS) is 11.7. The molecule has 0 saturated carbocycles. The molecule has 2 aromatic carbocycles. The van der Waals surface area contributed by atoms with Crippen LogP contribution >= 0.6 is 11.8 Å². The number of carbonyl (C=O) groups excluding carboxylic acids is 2. The summed E-state index contributed by atoms with van der Waals surface area (Å²) in [6.07, 6.45) is 0.256. The van der Waals surface area contributed by atoms with E-state index in [1.165, 1.54) is 11.8 Å². The minimum atomic E-state index is -0.328. The number of nitrogens with zero attached hydrogens (tertiary/aromatic N) is 3. The summed E-state index contributed by atoms with van der Waals surface area (Å²) in [5.74, 6) is 1.36. The number of aromatic nitrogens is 3. The van der Waals surface area contributed by atoms with Gasteiger partial charge >= 0.3 is 0 Å². The highest BCUT2D eigenvalue weighted by atomic mass is 32.2. The molecule has 33 heavy (non-hydrogen) atoms. The number of anilines is 1. The third kappa shape index (κ3) is 6.35. The summed E-state index contributed by atoms with van der Waals surface area (Å²) in [7, 11) is 3.43. The van der Waals surface area contributed by atoms with Crippen LogP contribution in [0.3, 0.4) is 0 Å². The van der Waals surface area contributed by atoms with Crippen molar-refractivity contribution < 1.29 is 14.3 Å². The number of amides is 2. The van der Waals surface area contributed by atoms with Gasteiger partial charge in [-0.3, -0.25) is 9.59 Å². The van der Waals surface area contributed by atoms with Gasteiger partial charge in [0.2, 0.25) is 11.8 Å². The lowest BCUT2D eigenvalue weighted by molar-refractivity contribution is -0.121. The highest BCUT2D eigenvalue weighted by Gasteiger charge is 2.19. The summed E-state index contributed by atoms with van der Waals surface area (Å²) in [5, 5.41) is 14.9. The van der Waals surface area contributed by atoms with Crippen LogP contribution in [-0.2, 0) is 23.1 Å². The van der Waals surface area contributed by atoms with Crippen molar-refractivity contribution in [3.8, 4) is 5.75 Å². The molecule has 0 aliphatic heterocycles. The van der Waals surface area contributed by atoms with Crippen molar-refractivity contribution in [3.63, 3.8) is 0 Å². The number of thioether (sulfide) groups is 1. The van der Waals surface area contributed by atoms with Gasteiger partial charge in [0.25, 0.3) is 0 Å². The summed E-state index contributed by atoms with van der Waals surface area (Å²) in [4.78, 5) is 24.9. The first-order valence-electron chi connectivity index (χ1n) is 10.6. The Bertz CT molecular complexity index is 1110. The molecule has 1 aromatic heterocycles. The molecule has 0 radical (unpaired) electrons. The Hall–Kier alpha value is -3.33. The Kier molecular flexibility index (Phi) is 8.11. The highest BCUT2D eigenvalue weighted by Crippen LogP contribution is 2.22. The minimum Gasteiger partial charge on any atom is -0.497 e. The van der Waals surface area contributed by atoms with E-state index in [0.29, 0.717) is 11.0 Å². The molecule has 174 valence electrons. The molecule has 0 bridgehead atoms. The predicted octanol–water partition coefficient (Wildman–Crippen LogP) is 3.59. The molecule has 0 saturated heterocycles. The molecule has 9 heteroatoms. The van der Waals surface area contributed by atoms with Crippen LogP contribution in [0.25, 0.3) is 0 Å². The zero-order valence-corrected chi connectivity index (χ0v) is 20.3. The zero-order chi connectivity index (χ0) is 24.0. The second-order valence-electron chi connectivity index (χ2n) is 7.82. The Labute approximate surface area is 198 Å². The van der Waals surface area contributed by atoms with Gasteiger partial charge in [0.1, 0.15) is 5.75 Å². The molecule has 0 aliphatic carbocycles. The molecule has 1 unspecified atom stereocenters. The zero-order valence-electron chi connectivity index (χ0n) is 19.5. The maximum atomic E-state index is 12.5. The molecule has 0 spiro atoms. The van der Waals surface area contributed by atoms with Crippen LogP contribution < -0.4 is 15.4 Å². The van der Waals surface area contributed by atoms with Crippen molar-refractivity contribution in [3.05, 3.63) is 65.0 Å². The van der Waals surface area contributed by atoms with E-state index in [2.05, 4.69) is 20.8 Å². The highest BCUT2D eigenvalue weighted by molar-refractivity contribution is 7.99. The SMILES string of the molecule is COc1ccc(CC(=O)NC(C)c2nnc(SCC(=O)Nc3c(C)cccc3C)n2C)cc1. The number of hydrogen-bond acceptors (Lipinski definition) is 6. The van der Waals surface area contributed by atoms with E-state index in [-0.39, 0.29) is 30.0 Å². The number of benzene rings is 2. The molecular weight excluding hydrogens is 438 g/mol. The average Bonchev–Trinajstić information content (AvgIpc) is 3.15. The van der Waals surface area contributed by atoms with E-state index < -0.39 is 0 Å². The van der Waals surface area contributed by atoms with Gasteiger partial charge in [-0.1, -0.05) is 42.1 Å². The lowest BCUT2D eigenvalue weighted by atomic mass is 10.1. The van der Waals surface area contributed by atoms with Gasteiger partial charge < -0.3 is 19.9 Å². The fraction of sp³-hybridized carbons (Fsp3) is 0.333. The molecule has 8 nitrogen and oxygen atoms in total. The van der Waals surface area contributed by atoms with E-state index in [1.54, 1.807) is 11.7 Å². The fourth-order valence-electron chi connectivity index (χ4n) is 3.43. The minimum absolute atomic E-state index is 0.109. The molecule has 2 N–H and O–H groups in total. The lowest BCUT2D eigenvalue weighted by Crippen LogP contribution is -2.29. The summed E-state index contributed by atoms with van der Waals surface area (Å²) in [6, 6.07) is 13.0. The Morgan fingerprint density at radius 2 is 1.73 bits per heavy atom. The van der Waals surface area contributed by atoms with Gasteiger partial charge in [0.05, 0.1) is 25.3 Å². The summed E-state index contributed by atoms with van der Waals surface area (Å²) in [5.41, 5.74) is 3.78. The number of para-hydroxylation sites is 1. The van der Waals surface area contributed by atoms with Crippen LogP contribution in [0.15, 0.2) is 47.6 Å². The Morgan fingerprint density at radius 3 is 2.36 bits per heavy atom. The second kappa shape index (κ2) is 11.0. The quantitative estimate of drug-likeness (QED) is 0.467.